The maximum atomic E-state index is 9.69. The van der Waals surface area contributed by atoms with Crippen molar-refractivity contribution in [3.63, 3.8) is 0 Å². The number of hydrogen-bond donors (Lipinski definition) is 1. The second kappa shape index (κ2) is 4.77. The van der Waals surface area contributed by atoms with Gasteiger partial charge in [-0.15, -0.1) is 10.2 Å². The number of phenolic OH excluding ortho intramolecular Hbond substituents is 1. The number of imidazole rings is 1. The molecule has 0 fully saturated rings. The zero-order valence-electron chi connectivity index (χ0n) is 11.3. The Labute approximate surface area is 116 Å². The van der Waals surface area contributed by atoms with Crippen molar-refractivity contribution in [2.75, 3.05) is 0 Å². The lowest BCUT2D eigenvalue weighted by Gasteiger charge is -1.99. The number of para-hydroxylation sites is 1. The first-order valence-electron chi connectivity index (χ1n) is 6.30. The number of fused-ring (bicyclic) bond motifs is 1. The van der Waals surface area contributed by atoms with Gasteiger partial charge in [-0.05, 0) is 37.6 Å². The van der Waals surface area contributed by atoms with Crippen LogP contribution in [-0.2, 0) is 0 Å². The van der Waals surface area contributed by atoms with Crippen molar-refractivity contribution in [2.24, 2.45) is 10.2 Å². The van der Waals surface area contributed by atoms with Gasteiger partial charge in [0.15, 0.2) is 5.82 Å². The fourth-order valence-electron chi connectivity index (χ4n) is 2.03. The molecule has 2 aromatic heterocycles. The van der Waals surface area contributed by atoms with E-state index in [1.165, 1.54) is 0 Å². The third kappa shape index (κ3) is 2.14. The van der Waals surface area contributed by atoms with Crippen LogP contribution in [0.3, 0.4) is 0 Å². The minimum Gasteiger partial charge on any atom is -0.506 e. The van der Waals surface area contributed by atoms with Crippen LogP contribution in [0.2, 0.25) is 0 Å². The monoisotopic (exact) mass is 266 g/mol. The fourth-order valence-corrected chi connectivity index (χ4v) is 2.03. The molecule has 0 aliphatic rings. The first kappa shape index (κ1) is 12.3. The Morgan fingerprint density at radius 3 is 2.65 bits per heavy atom. The van der Waals surface area contributed by atoms with E-state index in [0.29, 0.717) is 11.5 Å². The molecule has 3 aromatic rings. The summed E-state index contributed by atoms with van der Waals surface area (Å²) in [6.07, 6.45) is 1.97. The van der Waals surface area contributed by atoms with Crippen LogP contribution in [-0.4, -0.2) is 14.5 Å². The van der Waals surface area contributed by atoms with Gasteiger partial charge in [0.25, 0.3) is 0 Å². The third-order valence-corrected chi connectivity index (χ3v) is 3.04. The predicted octanol–water partition coefficient (Wildman–Crippen LogP) is 4.07. The molecule has 0 unspecified atom stereocenters. The molecule has 0 atom stereocenters. The molecular formula is C15H14N4O. The molecule has 1 aromatic carbocycles. The lowest BCUT2D eigenvalue weighted by Crippen LogP contribution is -1.84. The van der Waals surface area contributed by atoms with Crippen molar-refractivity contribution in [1.82, 2.24) is 9.38 Å². The summed E-state index contributed by atoms with van der Waals surface area (Å²) in [5.41, 5.74) is 3.19. The van der Waals surface area contributed by atoms with Gasteiger partial charge in [-0.3, -0.25) is 4.40 Å². The average Bonchev–Trinajstić information content (AvgIpc) is 2.73. The largest absolute Gasteiger partial charge is 0.506 e. The molecule has 1 N–H and O–H groups in total. The fraction of sp³-hybridized carbons (Fsp3) is 0.133. The Bertz CT molecular complexity index is 805. The highest BCUT2D eigenvalue weighted by Gasteiger charge is 2.08. The quantitative estimate of drug-likeness (QED) is 0.710. The molecule has 0 bridgehead atoms. The predicted molar refractivity (Wildman–Crippen MR) is 76.9 cm³/mol. The number of phenols is 1. The Morgan fingerprint density at radius 2 is 1.85 bits per heavy atom. The topological polar surface area (TPSA) is 62.2 Å². The summed E-state index contributed by atoms with van der Waals surface area (Å²) in [7, 11) is 0. The van der Waals surface area contributed by atoms with Crippen molar-refractivity contribution in [1.29, 1.82) is 0 Å². The third-order valence-electron chi connectivity index (χ3n) is 3.04. The Kier molecular flexibility index (Phi) is 2.95. The number of rotatable bonds is 2. The van der Waals surface area contributed by atoms with E-state index in [9.17, 15) is 5.11 Å². The minimum absolute atomic E-state index is 0.110. The van der Waals surface area contributed by atoms with Gasteiger partial charge in [0.05, 0.1) is 5.69 Å². The van der Waals surface area contributed by atoms with Crippen LogP contribution in [0.15, 0.2) is 52.8 Å². The highest BCUT2D eigenvalue weighted by atomic mass is 16.3. The molecule has 0 amide bonds. The van der Waals surface area contributed by atoms with Crippen molar-refractivity contribution in [3.8, 4) is 5.75 Å². The summed E-state index contributed by atoms with van der Waals surface area (Å²) in [5, 5.41) is 18.0. The van der Waals surface area contributed by atoms with E-state index in [0.717, 1.165) is 16.9 Å². The molecule has 3 rings (SSSR count). The number of pyridine rings is 1. The molecule has 2 heterocycles. The Hall–Kier alpha value is -2.69. The number of azo groups is 1. The molecule has 5 heteroatoms. The van der Waals surface area contributed by atoms with E-state index in [1.54, 1.807) is 24.3 Å². The highest BCUT2D eigenvalue weighted by molar-refractivity contribution is 5.54. The van der Waals surface area contributed by atoms with Crippen LogP contribution in [0, 0.1) is 13.8 Å². The van der Waals surface area contributed by atoms with Gasteiger partial charge in [-0.25, -0.2) is 4.98 Å². The summed E-state index contributed by atoms with van der Waals surface area (Å²) >= 11 is 0. The summed E-state index contributed by atoms with van der Waals surface area (Å²) in [4.78, 5) is 4.44. The van der Waals surface area contributed by atoms with E-state index in [-0.39, 0.29) is 5.75 Å². The Balaban J connectivity index is 2.09. The number of nitrogens with zero attached hydrogens (tertiary/aromatic N) is 4. The van der Waals surface area contributed by atoms with Crippen molar-refractivity contribution < 1.29 is 5.11 Å². The maximum absolute atomic E-state index is 9.69. The van der Waals surface area contributed by atoms with Gasteiger partial charge in [-0.1, -0.05) is 18.2 Å². The number of aryl methyl sites for hydroxylation is 2. The minimum atomic E-state index is 0.110. The molecule has 0 aliphatic carbocycles. The van der Waals surface area contributed by atoms with Gasteiger partial charge in [0.2, 0.25) is 0 Å². The number of hydrogen-bond acceptors (Lipinski definition) is 4. The van der Waals surface area contributed by atoms with Crippen molar-refractivity contribution >= 4 is 17.2 Å². The maximum Gasteiger partial charge on any atom is 0.182 e. The molecular weight excluding hydrogens is 252 g/mol. The van der Waals surface area contributed by atoms with E-state index in [2.05, 4.69) is 15.2 Å². The second-order valence-electron chi connectivity index (χ2n) is 4.64. The molecule has 0 aliphatic heterocycles. The van der Waals surface area contributed by atoms with E-state index >= 15 is 0 Å². The first-order chi connectivity index (χ1) is 9.65. The van der Waals surface area contributed by atoms with Crippen LogP contribution >= 0.6 is 0 Å². The van der Waals surface area contributed by atoms with Gasteiger partial charge in [0.1, 0.15) is 17.1 Å². The zero-order valence-corrected chi connectivity index (χ0v) is 11.3. The Morgan fingerprint density at radius 1 is 1.05 bits per heavy atom. The summed E-state index contributed by atoms with van der Waals surface area (Å²) in [6.45, 7) is 3.90. The number of aromatic hydroxyl groups is 1. The molecule has 0 saturated heterocycles. The number of aromatic nitrogens is 2. The smallest absolute Gasteiger partial charge is 0.182 e. The molecule has 0 saturated carbocycles. The van der Waals surface area contributed by atoms with Crippen LogP contribution < -0.4 is 0 Å². The van der Waals surface area contributed by atoms with Crippen LogP contribution in [0.1, 0.15) is 11.3 Å². The van der Waals surface area contributed by atoms with E-state index in [1.807, 2.05) is 36.6 Å². The molecule has 0 radical (unpaired) electrons. The van der Waals surface area contributed by atoms with Crippen LogP contribution in [0.25, 0.3) is 5.65 Å². The SMILES string of the molecule is Cc1ccc2nc(C)c(N=Nc3ccccc3O)n2c1. The molecule has 5 nitrogen and oxygen atoms in total. The second-order valence-corrected chi connectivity index (χ2v) is 4.64. The number of benzene rings is 1. The van der Waals surface area contributed by atoms with Crippen molar-refractivity contribution in [3.05, 3.63) is 53.9 Å². The summed E-state index contributed by atoms with van der Waals surface area (Å²) in [5.74, 6) is 0.783. The summed E-state index contributed by atoms with van der Waals surface area (Å²) in [6, 6.07) is 10.8. The molecule has 0 spiro atoms. The van der Waals surface area contributed by atoms with Gasteiger partial charge in [0, 0.05) is 6.20 Å². The van der Waals surface area contributed by atoms with Gasteiger partial charge < -0.3 is 5.11 Å². The first-order valence-corrected chi connectivity index (χ1v) is 6.30. The van der Waals surface area contributed by atoms with Crippen LogP contribution in [0.5, 0.6) is 5.75 Å². The normalized spacial score (nSPS) is 11.5. The van der Waals surface area contributed by atoms with E-state index in [4.69, 9.17) is 0 Å². The van der Waals surface area contributed by atoms with Gasteiger partial charge in [-0.2, -0.15) is 0 Å². The summed E-state index contributed by atoms with van der Waals surface area (Å²) < 4.78 is 1.90. The van der Waals surface area contributed by atoms with E-state index < -0.39 is 0 Å². The van der Waals surface area contributed by atoms with Gasteiger partial charge >= 0.3 is 0 Å². The highest BCUT2D eigenvalue weighted by Crippen LogP contribution is 2.28. The van der Waals surface area contributed by atoms with Crippen LogP contribution in [0.4, 0.5) is 11.5 Å². The average molecular weight is 266 g/mol. The standard InChI is InChI=1S/C15H14N4O/c1-10-7-8-14-16-11(2)15(19(14)9-10)18-17-12-5-3-4-6-13(12)20/h3-9,20H,1-2H3. The lowest BCUT2D eigenvalue weighted by atomic mass is 10.3. The lowest BCUT2D eigenvalue weighted by molar-refractivity contribution is 0.476. The van der Waals surface area contributed by atoms with Crippen molar-refractivity contribution in [2.45, 2.75) is 13.8 Å². The zero-order chi connectivity index (χ0) is 14.1. The molecule has 100 valence electrons. The molecule has 20 heavy (non-hydrogen) atoms.